The number of aliphatic hydroxyl groups is 1. The van der Waals surface area contributed by atoms with Crippen LogP contribution in [0.4, 0.5) is 0 Å². The van der Waals surface area contributed by atoms with E-state index in [0.717, 1.165) is 67.3 Å². The third kappa shape index (κ3) is 9.16. The molecule has 0 unspecified atom stereocenters. The maximum Gasteiger partial charge on any atom is 0.164 e. The number of benzene rings is 2. The smallest absolute Gasteiger partial charge is 0.164 e. The Morgan fingerprint density at radius 1 is 0.878 bits per heavy atom. The Kier molecular flexibility index (Phi) is 14.1. The van der Waals surface area contributed by atoms with Gasteiger partial charge in [-0.05, 0) is 79.0 Å². The van der Waals surface area contributed by atoms with Gasteiger partial charge < -0.3 is 5.11 Å². The van der Waals surface area contributed by atoms with E-state index in [9.17, 15) is 9.90 Å². The molecule has 5 rings (SSSR count). The number of rotatable bonds is 11. The maximum atomic E-state index is 12.2. The van der Waals surface area contributed by atoms with Gasteiger partial charge in [0, 0.05) is 55.1 Å². The van der Waals surface area contributed by atoms with Crippen molar-refractivity contribution < 1.29 is 30.0 Å². The van der Waals surface area contributed by atoms with Crippen molar-refractivity contribution in [3.63, 3.8) is 0 Å². The normalized spacial score (nSPS) is 13.0. The second-order valence-electron chi connectivity index (χ2n) is 14.9. The van der Waals surface area contributed by atoms with Gasteiger partial charge in [0.1, 0.15) is 5.76 Å². The number of aryl methyl sites for hydroxylation is 2. The molecular weight excluding hydrogens is 781 g/mol. The topological polar surface area (TPSA) is 63.1 Å². The van der Waals surface area contributed by atoms with Gasteiger partial charge in [-0.2, -0.15) is 0 Å². The molecule has 4 nitrogen and oxygen atoms in total. The summed E-state index contributed by atoms with van der Waals surface area (Å²) in [6, 6.07) is 19.0. The predicted octanol–water partition coefficient (Wildman–Crippen LogP) is 11.8. The van der Waals surface area contributed by atoms with Crippen molar-refractivity contribution in [3.8, 4) is 22.5 Å². The molecular formula is C44H57IrN2O2-. The Labute approximate surface area is 309 Å². The Balaban J connectivity index is 0.000000312. The number of allylic oxidation sites excluding steroid dienone is 2. The average Bonchev–Trinajstić information content (AvgIpc) is 3.09. The SMILES string of the molecule is CC(C)Cc1cnc2c(c1)CCc1cnc(-c3[c-]c4ccccc4c(C(C)C)c3)cc1-2.CCC(C)(CC)C(=O)/C=C(\O)C(C)(CC)CC.[Ir]. The zero-order chi connectivity index (χ0) is 35.2. The number of carbonyl (C=O) groups is 1. The summed E-state index contributed by atoms with van der Waals surface area (Å²) < 4.78 is 0. The van der Waals surface area contributed by atoms with Crippen molar-refractivity contribution >= 4 is 16.6 Å². The number of hydrogen-bond donors (Lipinski definition) is 1. The number of fused-ring (bicyclic) bond motifs is 4. The molecule has 0 spiro atoms. The van der Waals surface area contributed by atoms with Crippen molar-refractivity contribution in [3.05, 3.63) is 95.0 Å². The Morgan fingerprint density at radius 3 is 2.12 bits per heavy atom. The zero-order valence-electron chi connectivity index (χ0n) is 31.5. The Hall–Kier alpha value is -3.14. The molecule has 0 bridgehead atoms. The largest absolute Gasteiger partial charge is 0.512 e. The molecule has 0 atom stereocenters. The first-order valence-electron chi connectivity index (χ1n) is 18.2. The number of carbonyl (C=O) groups excluding carboxylic acids is 1. The van der Waals surface area contributed by atoms with Crippen LogP contribution in [0.15, 0.2) is 66.7 Å². The van der Waals surface area contributed by atoms with Crippen LogP contribution in [0, 0.1) is 22.8 Å². The minimum absolute atomic E-state index is 0. The molecule has 1 radical (unpaired) electrons. The van der Waals surface area contributed by atoms with E-state index in [2.05, 4.69) is 88.6 Å². The molecule has 2 heterocycles. The molecule has 0 fully saturated rings. The van der Waals surface area contributed by atoms with Crippen LogP contribution < -0.4 is 0 Å². The van der Waals surface area contributed by atoms with Gasteiger partial charge in [0.25, 0.3) is 0 Å². The van der Waals surface area contributed by atoms with Gasteiger partial charge in [0.05, 0.1) is 5.69 Å². The maximum absolute atomic E-state index is 12.2. The quantitative estimate of drug-likeness (QED) is 0.0928. The Morgan fingerprint density at radius 2 is 1.51 bits per heavy atom. The van der Waals surface area contributed by atoms with E-state index in [1.165, 1.54) is 39.3 Å². The van der Waals surface area contributed by atoms with Gasteiger partial charge in [0.2, 0.25) is 0 Å². The molecule has 2 aromatic carbocycles. The van der Waals surface area contributed by atoms with Gasteiger partial charge in [-0.3, -0.25) is 14.8 Å². The summed E-state index contributed by atoms with van der Waals surface area (Å²) in [6.45, 7) is 21.1. The zero-order valence-corrected chi connectivity index (χ0v) is 33.9. The van der Waals surface area contributed by atoms with E-state index < -0.39 is 0 Å². The number of aromatic nitrogens is 2. The molecule has 1 aliphatic rings. The third-order valence-electron chi connectivity index (χ3n) is 10.9. The fraction of sp³-hybridized carbons (Fsp3) is 0.477. The molecule has 265 valence electrons. The number of aliphatic hydroxyl groups excluding tert-OH is 1. The van der Waals surface area contributed by atoms with E-state index >= 15 is 0 Å². The van der Waals surface area contributed by atoms with Crippen LogP contribution in [0.25, 0.3) is 33.3 Å². The van der Waals surface area contributed by atoms with Crippen molar-refractivity contribution in [1.29, 1.82) is 0 Å². The molecule has 5 heteroatoms. The van der Waals surface area contributed by atoms with Crippen molar-refractivity contribution in [1.82, 2.24) is 9.97 Å². The van der Waals surface area contributed by atoms with E-state index in [0.29, 0.717) is 11.8 Å². The summed E-state index contributed by atoms with van der Waals surface area (Å²) in [6.07, 6.45) is 12.0. The first-order valence-corrected chi connectivity index (χ1v) is 18.2. The van der Waals surface area contributed by atoms with E-state index in [1.54, 1.807) is 0 Å². The summed E-state index contributed by atoms with van der Waals surface area (Å²) in [5.74, 6) is 1.37. The van der Waals surface area contributed by atoms with Crippen LogP contribution in [-0.4, -0.2) is 20.9 Å². The van der Waals surface area contributed by atoms with Gasteiger partial charge in [-0.15, -0.1) is 29.1 Å². The Bertz CT molecular complexity index is 1760. The van der Waals surface area contributed by atoms with Crippen LogP contribution in [-0.2, 0) is 44.2 Å². The molecule has 0 aliphatic heterocycles. The summed E-state index contributed by atoms with van der Waals surface area (Å²) in [5.41, 5.74) is 9.16. The molecule has 49 heavy (non-hydrogen) atoms. The molecule has 0 saturated carbocycles. The average molecular weight is 838 g/mol. The summed E-state index contributed by atoms with van der Waals surface area (Å²) in [5, 5.41) is 12.6. The van der Waals surface area contributed by atoms with Crippen molar-refractivity contribution in [2.75, 3.05) is 0 Å². The number of ketones is 1. The first-order chi connectivity index (χ1) is 22.8. The van der Waals surface area contributed by atoms with E-state index in [-0.39, 0.29) is 42.5 Å². The van der Waals surface area contributed by atoms with Crippen molar-refractivity contribution in [2.45, 2.75) is 120 Å². The van der Waals surface area contributed by atoms with Gasteiger partial charge in [-0.25, -0.2) is 0 Å². The minimum Gasteiger partial charge on any atom is -0.512 e. The first kappa shape index (κ1) is 40.3. The predicted molar refractivity (Wildman–Crippen MR) is 202 cm³/mol. The van der Waals surface area contributed by atoms with Crippen LogP contribution in [0.5, 0.6) is 0 Å². The number of pyridine rings is 2. The minimum atomic E-state index is -0.337. The molecule has 1 N–H and O–H groups in total. The summed E-state index contributed by atoms with van der Waals surface area (Å²) in [7, 11) is 0. The number of hydrogen-bond acceptors (Lipinski definition) is 4. The van der Waals surface area contributed by atoms with E-state index in [1.807, 2.05) is 41.5 Å². The van der Waals surface area contributed by atoms with Crippen LogP contribution in [0.1, 0.15) is 123 Å². The van der Waals surface area contributed by atoms with Crippen LogP contribution >= 0.6 is 0 Å². The standard InChI is InChI=1S/C29H29N2.C15H28O2.Ir/c1-18(2)11-20-12-22-9-10-23-17-30-28(15-27(23)29(22)31-16-20)24-13-21-7-5-6-8-25(21)26(14-24)19(3)4;1-7-14(5,8-2)12(16)11-13(17)15(6,9-3)10-4;/h5-8,12,14-19H,9-11H2,1-4H3;11,16H,7-10H2,1-6H3;/q-1;;/b;12-11-;. The van der Waals surface area contributed by atoms with Crippen LogP contribution in [0.2, 0.25) is 0 Å². The monoisotopic (exact) mass is 838 g/mol. The van der Waals surface area contributed by atoms with Crippen molar-refractivity contribution in [2.24, 2.45) is 16.7 Å². The van der Waals surface area contributed by atoms with Gasteiger partial charge in [0.15, 0.2) is 5.78 Å². The molecule has 2 aromatic heterocycles. The van der Waals surface area contributed by atoms with Crippen LogP contribution in [0.3, 0.4) is 0 Å². The van der Waals surface area contributed by atoms with Gasteiger partial charge in [-0.1, -0.05) is 111 Å². The fourth-order valence-corrected chi connectivity index (χ4v) is 6.45. The molecule has 0 saturated heterocycles. The molecule has 4 aromatic rings. The number of nitrogens with zero attached hydrogens (tertiary/aromatic N) is 2. The summed E-state index contributed by atoms with van der Waals surface area (Å²) in [4.78, 5) is 21.9. The second-order valence-corrected chi connectivity index (χ2v) is 14.9. The molecule has 1 aliphatic carbocycles. The fourth-order valence-electron chi connectivity index (χ4n) is 6.45. The molecule has 0 amide bonds. The van der Waals surface area contributed by atoms with Gasteiger partial charge >= 0.3 is 0 Å². The summed E-state index contributed by atoms with van der Waals surface area (Å²) >= 11 is 0. The second kappa shape index (κ2) is 17.2. The van der Waals surface area contributed by atoms with E-state index in [4.69, 9.17) is 9.97 Å². The third-order valence-corrected chi connectivity index (χ3v) is 10.9.